The van der Waals surface area contributed by atoms with Crippen molar-refractivity contribution in [2.45, 2.75) is 32.5 Å². The Morgan fingerprint density at radius 3 is 2.86 bits per heavy atom. The smallest absolute Gasteiger partial charge is 0.360 e. The predicted molar refractivity (Wildman–Crippen MR) is 121 cm³/mol. The summed E-state index contributed by atoms with van der Waals surface area (Å²) in [6.07, 6.45) is 7.00. The minimum Gasteiger partial charge on any atom is -0.409 e. The van der Waals surface area contributed by atoms with Crippen LogP contribution in [0.1, 0.15) is 29.9 Å². The maximum absolute atomic E-state index is 13.1. The Balaban J connectivity index is 1.35. The Bertz CT molecular complexity index is 1420. The number of primary amides is 1. The predicted octanol–water partition coefficient (Wildman–Crippen LogP) is 0.0464. The average molecular weight is 497 g/mol. The van der Waals surface area contributed by atoms with E-state index in [0.717, 1.165) is 11.3 Å². The van der Waals surface area contributed by atoms with E-state index in [1.165, 1.54) is 28.2 Å². The summed E-state index contributed by atoms with van der Waals surface area (Å²) in [7, 11) is 0. The topological polar surface area (TPSA) is 148 Å². The van der Waals surface area contributed by atoms with Crippen LogP contribution in [-0.2, 0) is 20.9 Å². The molecule has 35 heavy (non-hydrogen) atoms. The Labute approximate surface area is 203 Å². The van der Waals surface area contributed by atoms with Crippen LogP contribution in [0.3, 0.4) is 0 Å². The van der Waals surface area contributed by atoms with Crippen LogP contribution < -0.4 is 15.0 Å². The first-order valence-corrected chi connectivity index (χ1v) is 11.7. The van der Waals surface area contributed by atoms with Gasteiger partial charge in [-0.3, -0.25) is 18.8 Å². The molecule has 2 amide bonds. The summed E-state index contributed by atoms with van der Waals surface area (Å²) in [4.78, 5) is 55.6. The van der Waals surface area contributed by atoms with E-state index in [-0.39, 0.29) is 46.6 Å². The molecule has 0 radical (unpaired) electrons. The maximum atomic E-state index is 13.1. The molecule has 0 unspecified atom stereocenters. The molecule has 3 aromatic rings. The van der Waals surface area contributed by atoms with Gasteiger partial charge in [-0.05, 0) is 25.0 Å². The number of carbonyl (C=O) groups is 4. The first-order chi connectivity index (χ1) is 16.7. The average Bonchev–Trinajstić information content (AvgIpc) is 3.43. The van der Waals surface area contributed by atoms with Crippen LogP contribution >= 0.6 is 11.3 Å². The van der Waals surface area contributed by atoms with E-state index in [4.69, 9.17) is 10.5 Å². The highest BCUT2D eigenvalue weighted by molar-refractivity contribution is 7.19. The van der Waals surface area contributed by atoms with Crippen molar-refractivity contribution in [1.29, 1.82) is 0 Å². The number of nitrogens with two attached hydrogens (primary N) is 1. The molecule has 1 saturated heterocycles. The van der Waals surface area contributed by atoms with Crippen molar-refractivity contribution in [3.8, 4) is 5.06 Å². The Morgan fingerprint density at radius 1 is 1.37 bits per heavy atom. The molecule has 2 aliphatic rings. The van der Waals surface area contributed by atoms with E-state index in [2.05, 4.69) is 4.98 Å². The van der Waals surface area contributed by atoms with Crippen LogP contribution in [0.2, 0.25) is 0 Å². The number of β-lactam (4-membered cyclic amide) rings is 1. The summed E-state index contributed by atoms with van der Waals surface area (Å²) < 4.78 is 8.61. The molecule has 2 aliphatic heterocycles. The fourth-order valence-electron chi connectivity index (χ4n) is 4.66. The Kier molecular flexibility index (Phi) is 5.49. The SMILES string of the molecule is C[C@@H](O)[C@H]1C(=O)N2C(C(=O)Oc3cn4cnc(C(=O)c5ccc[n+](CC(N)=O)c5)c4s3)=C[C@H](C)[C@H]12. The van der Waals surface area contributed by atoms with Crippen LogP contribution in [0.25, 0.3) is 4.83 Å². The van der Waals surface area contributed by atoms with Crippen LogP contribution in [0.5, 0.6) is 5.06 Å². The number of aromatic nitrogens is 3. The van der Waals surface area contributed by atoms with Gasteiger partial charge in [-0.25, -0.2) is 9.78 Å². The van der Waals surface area contributed by atoms with E-state index in [1.807, 2.05) is 6.92 Å². The van der Waals surface area contributed by atoms with Crippen molar-refractivity contribution < 1.29 is 33.6 Å². The van der Waals surface area contributed by atoms with Crippen molar-refractivity contribution in [1.82, 2.24) is 14.3 Å². The molecule has 5 rings (SSSR count). The quantitative estimate of drug-likeness (QED) is 0.203. The number of fused-ring (bicyclic) bond motifs is 2. The van der Waals surface area contributed by atoms with Crippen LogP contribution in [0.15, 0.2) is 48.8 Å². The molecule has 0 aliphatic carbocycles. The van der Waals surface area contributed by atoms with Gasteiger partial charge in [-0.2, -0.15) is 4.57 Å². The summed E-state index contributed by atoms with van der Waals surface area (Å²) in [5.41, 5.74) is 5.87. The second-order valence-electron chi connectivity index (χ2n) is 8.68. The highest BCUT2D eigenvalue weighted by Crippen LogP contribution is 2.43. The number of hydrogen-bond acceptors (Lipinski definition) is 8. The number of thiazole rings is 1. The number of rotatable bonds is 7. The first-order valence-electron chi connectivity index (χ1n) is 10.9. The molecule has 0 spiro atoms. The minimum atomic E-state index is -0.799. The van der Waals surface area contributed by atoms with Gasteiger partial charge in [0.2, 0.25) is 23.3 Å². The third kappa shape index (κ3) is 3.80. The number of ether oxygens (including phenoxy) is 1. The van der Waals surface area contributed by atoms with Crippen molar-refractivity contribution >= 4 is 39.7 Å². The lowest BCUT2D eigenvalue weighted by molar-refractivity contribution is -0.684. The molecule has 11 nitrogen and oxygen atoms in total. The molecule has 5 heterocycles. The number of amides is 2. The molecule has 0 aromatic carbocycles. The van der Waals surface area contributed by atoms with Gasteiger partial charge in [0.05, 0.1) is 29.8 Å². The second-order valence-corrected chi connectivity index (χ2v) is 9.68. The lowest BCUT2D eigenvalue weighted by atomic mass is 9.79. The number of esters is 1. The zero-order valence-corrected chi connectivity index (χ0v) is 19.6. The highest BCUT2D eigenvalue weighted by Gasteiger charge is 2.57. The number of ketones is 1. The molecule has 12 heteroatoms. The molecular weight excluding hydrogens is 474 g/mol. The summed E-state index contributed by atoms with van der Waals surface area (Å²) in [5.74, 6) is -2.51. The molecular formula is C23H22N5O6S+. The van der Waals surface area contributed by atoms with Gasteiger partial charge < -0.3 is 20.5 Å². The molecule has 0 saturated carbocycles. The Morgan fingerprint density at radius 2 is 2.14 bits per heavy atom. The van der Waals surface area contributed by atoms with Gasteiger partial charge in [0.1, 0.15) is 22.5 Å². The fraction of sp³-hybridized carbons (Fsp3) is 0.304. The zero-order valence-electron chi connectivity index (χ0n) is 18.8. The molecule has 1 fully saturated rings. The van der Waals surface area contributed by atoms with Crippen molar-refractivity contribution in [3.05, 3.63) is 60.1 Å². The molecule has 4 atom stereocenters. The van der Waals surface area contributed by atoms with E-state index >= 15 is 0 Å². The van der Waals surface area contributed by atoms with Crippen LogP contribution in [-0.4, -0.2) is 55.1 Å². The molecule has 3 N–H and O–H groups in total. The number of nitrogens with zero attached hydrogens (tertiary/aromatic N) is 4. The number of carbonyl (C=O) groups excluding carboxylic acids is 4. The maximum Gasteiger partial charge on any atom is 0.360 e. The number of aliphatic hydroxyl groups is 1. The fourth-order valence-corrected chi connectivity index (χ4v) is 5.58. The van der Waals surface area contributed by atoms with Crippen molar-refractivity contribution in [2.75, 3.05) is 0 Å². The van der Waals surface area contributed by atoms with Gasteiger partial charge >= 0.3 is 5.97 Å². The highest BCUT2D eigenvalue weighted by atomic mass is 32.1. The molecule has 0 bridgehead atoms. The van der Waals surface area contributed by atoms with Crippen molar-refractivity contribution in [2.24, 2.45) is 17.6 Å². The van der Waals surface area contributed by atoms with Crippen LogP contribution in [0.4, 0.5) is 0 Å². The van der Waals surface area contributed by atoms with Gasteiger partial charge in [-0.15, -0.1) is 0 Å². The van der Waals surface area contributed by atoms with E-state index in [0.29, 0.717) is 10.4 Å². The number of imidazole rings is 1. The van der Waals surface area contributed by atoms with E-state index < -0.39 is 23.9 Å². The lowest BCUT2D eigenvalue weighted by Gasteiger charge is -2.46. The van der Waals surface area contributed by atoms with Gasteiger partial charge in [-0.1, -0.05) is 18.3 Å². The summed E-state index contributed by atoms with van der Waals surface area (Å²) in [5, 5.41) is 10.1. The van der Waals surface area contributed by atoms with Crippen molar-refractivity contribution in [3.63, 3.8) is 0 Å². The minimum absolute atomic E-state index is 0.0639. The third-order valence-electron chi connectivity index (χ3n) is 6.19. The Hall–Kier alpha value is -3.90. The third-order valence-corrected chi connectivity index (χ3v) is 7.18. The summed E-state index contributed by atoms with van der Waals surface area (Å²) >= 11 is 1.07. The summed E-state index contributed by atoms with van der Waals surface area (Å²) in [6, 6.07) is 2.97. The largest absolute Gasteiger partial charge is 0.409 e. The standard InChI is InChI=1S/C23H21N5O6S/c1-11-6-14(28-19(11)17(12(2)29)21(28)32)23(33)34-16-9-27-10-25-18(22(27)35-16)20(31)13-4-3-5-26(7-13)8-15(24)30/h3-7,9-12,17,19,29H,8H2,1-2H3,(H-,24,30)/p+1/t11-,12+,17+,19+/m0/s1. The normalized spacial score (nSPS) is 21.9. The second kappa shape index (κ2) is 8.40. The van der Waals surface area contributed by atoms with Gasteiger partial charge in [0, 0.05) is 6.07 Å². The first kappa shape index (κ1) is 22.9. The van der Waals surface area contributed by atoms with E-state index in [9.17, 15) is 24.3 Å². The zero-order chi connectivity index (χ0) is 25.0. The number of pyridine rings is 1. The van der Waals surface area contributed by atoms with Gasteiger partial charge in [0.15, 0.2) is 12.4 Å². The lowest BCUT2D eigenvalue weighted by Crippen LogP contribution is -2.63. The number of hydrogen-bond donors (Lipinski definition) is 2. The monoisotopic (exact) mass is 496 g/mol. The molecule has 180 valence electrons. The summed E-state index contributed by atoms with van der Waals surface area (Å²) in [6.45, 7) is 3.39. The van der Waals surface area contributed by atoms with E-state index in [1.54, 1.807) is 35.7 Å². The number of aliphatic hydroxyl groups excluding tert-OH is 1. The molecule has 3 aromatic heterocycles. The van der Waals surface area contributed by atoms with Gasteiger partial charge in [0.25, 0.3) is 5.91 Å². The van der Waals surface area contributed by atoms with Crippen LogP contribution in [0, 0.1) is 11.8 Å².